The molecule has 0 aliphatic heterocycles. The van der Waals surface area contributed by atoms with Crippen molar-refractivity contribution in [1.82, 2.24) is 0 Å². The average molecular weight is 330 g/mol. The second kappa shape index (κ2) is 6.73. The fourth-order valence-corrected chi connectivity index (χ4v) is 2.06. The van der Waals surface area contributed by atoms with Gasteiger partial charge >= 0.3 is 6.03 Å². The monoisotopic (exact) mass is 330 g/mol. The SMILES string of the molecule is Cc1ccc(NC(=O)Nc2ccc(C)c([N+](=O)[O-])c2)cc1[N+](=O)[O-]. The number of carbonyl (C=O) groups excluding carboxylic acids is 1. The lowest BCUT2D eigenvalue weighted by atomic mass is 10.2. The van der Waals surface area contributed by atoms with Gasteiger partial charge in [0.15, 0.2) is 0 Å². The molecule has 9 nitrogen and oxygen atoms in total. The maximum absolute atomic E-state index is 12.0. The topological polar surface area (TPSA) is 127 Å². The number of amides is 2. The zero-order valence-electron chi connectivity index (χ0n) is 12.9. The standard InChI is InChI=1S/C15H14N4O5/c1-9-3-5-11(7-13(9)18(21)22)16-15(20)17-12-6-4-10(2)14(8-12)19(23)24/h3-8H,1-2H3,(H2,16,17,20). The van der Waals surface area contributed by atoms with Crippen LogP contribution in [0.3, 0.4) is 0 Å². The summed E-state index contributed by atoms with van der Waals surface area (Å²) in [6, 6.07) is 7.92. The normalized spacial score (nSPS) is 10.1. The van der Waals surface area contributed by atoms with Gasteiger partial charge in [0.1, 0.15) is 0 Å². The molecule has 9 heteroatoms. The number of benzene rings is 2. The minimum atomic E-state index is -0.661. The number of rotatable bonds is 4. The molecule has 0 saturated carbocycles. The Morgan fingerprint density at radius 3 is 1.54 bits per heavy atom. The van der Waals surface area contributed by atoms with Gasteiger partial charge in [-0.05, 0) is 26.0 Å². The lowest BCUT2D eigenvalue weighted by Crippen LogP contribution is -2.19. The molecule has 0 fully saturated rings. The average Bonchev–Trinajstić information content (AvgIpc) is 2.50. The number of nitrogens with zero attached hydrogens (tertiary/aromatic N) is 2. The molecule has 0 atom stereocenters. The van der Waals surface area contributed by atoms with Crippen molar-refractivity contribution in [3.05, 3.63) is 67.8 Å². The van der Waals surface area contributed by atoms with Gasteiger partial charge in [0.05, 0.1) is 9.85 Å². The number of urea groups is 1. The van der Waals surface area contributed by atoms with Crippen LogP contribution in [0.5, 0.6) is 0 Å². The Balaban J connectivity index is 2.14. The Bertz CT molecular complexity index is 767. The molecule has 0 radical (unpaired) electrons. The molecular formula is C15H14N4O5. The predicted octanol–water partition coefficient (Wildman–Crippen LogP) is 3.76. The predicted molar refractivity (Wildman–Crippen MR) is 88.3 cm³/mol. The largest absolute Gasteiger partial charge is 0.323 e. The molecule has 2 aromatic carbocycles. The molecule has 0 bridgehead atoms. The molecule has 0 unspecified atom stereocenters. The van der Waals surface area contributed by atoms with Crippen LogP contribution in [0, 0.1) is 34.1 Å². The van der Waals surface area contributed by atoms with Crippen LogP contribution < -0.4 is 10.6 Å². The first-order valence-electron chi connectivity index (χ1n) is 6.86. The summed E-state index contributed by atoms with van der Waals surface area (Å²) >= 11 is 0. The zero-order chi connectivity index (χ0) is 17.9. The van der Waals surface area contributed by atoms with E-state index in [0.29, 0.717) is 11.1 Å². The lowest BCUT2D eigenvalue weighted by molar-refractivity contribution is -0.385. The highest BCUT2D eigenvalue weighted by Crippen LogP contribution is 2.24. The molecule has 2 aromatic rings. The molecule has 0 saturated heterocycles. The maximum Gasteiger partial charge on any atom is 0.323 e. The zero-order valence-corrected chi connectivity index (χ0v) is 12.9. The van der Waals surface area contributed by atoms with Crippen molar-refractivity contribution in [3.8, 4) is 0 Å². The van der Waals surface area contributed by atoms with E-state index in [1.54, 1.807) is 13.8 Å². The molecular weight excluding hydrogens is 316 g/mol. The van der Waals surface area contributed by atoms with E-state index in [-0.39, 0.29) is 22.7 Å². The Morgan fingerprint density at radius 1 is 0.833 bits per heavy atom. The van der Waals surface area contributed by atoms with Gasteiger partial charge in [0, 0.05) is 34.6 Å². The molecule has 0 aliphatic rings. The Labute approximate surface area is 136 Å². The van der Waals surface area contributed by atoms with Crippen molar-refractivity contribution >= 4 is 28.8 Å². The molecule has 0 heterocycles. The van der Waals surface area contributed by atoms with Crippen molar-refractivity contribution in [1.29, 1.82) is 0 Å². The van der Waals surface area contributed by atoms with Gasteiger partial charge in [-0.1, -0.05) is 12.1 Å². The summed E-state index contributed by atoms with van der Waals surface area (Å²) < 4.78 is 0. The van der Waals surface area contributed by atoms with E-state index in [1.807, 2.05) is 0 Å². The molecule has 2 amide bonds. The van der Waals surface area contributed by atoms with Crippen molar-refractivity contribution in [2.75, 3.05) is 10.6 Å². The first kappa shape index (κ1) is 16.9. The number of aryl methyl sites for hydroxylation is 2. The Hall–Kier alpha value is -3.49. The second-order valence-corrected chi connectivity index (χ2v) is 5.10. The van der Waals surface area contributed by atoms with Crippen molar-refractivity contribution in [2.24, 2.45) is 0 Å². The van der Waals surface area contributed by atoms with Gasteiger partial charge in [-0.2, -0.15) is 0 Å². The van der Waals surface area contributed by atoms with Crippen LogP contribution in [0.4, 0.5) is 27.5 Å². The Morgan fingerprint density at radius 2 is 1.21 bits per heavy atom. The summed E-state index contributed by atoms with van der Waals surface area (Å²) in [5, 5.41) is 26.7. The first-order chi connectivity index (χ1) is 11.3. The van der Waals surface area contributed by atoms with Gasteiger partial charge in [-0.3, -0.25) is 20.2 Å². The molecule has 2 N–H and O–H groups in total. The van der Waals surface area contributed by atoms with Gasteiger partial charge in [-0.15, -0.1) is 0 Å². The van der Waals surface area contributed by atoms with Gasteiger partial charge < -0.3 is 10.6 Å². The third-order valence-corrected chi connectivity index (χ3v) is 3.33. The van der Waals surface area contributed by atoms with Crippen LogP contribution in [0.25, 0.3) is 0 Å². The highest BCUT2D eigenvalue weighted by molar-refractivity contribution is 6.00. The van der Waals surface area contributed by atoms with Gasteiger partial charge in [-0.25, -0.2) is 4.79 Å². The van der Waals surface area contributed by atoms with E-state index in [2.05, 4.69) is 10.6 Å². The second-order valence-electron chi connectivity index (χ2n) is 5.10. The number of nitro groups is 2. The van der Waals surface area contributed by atoms with Crippen LogP contribution in [0.1, 0.15) is 11.1 Å². The van der Waals surface area contributed by atoms with Gasteiger partial charge in [0.25, 0.3) is 11.4 Å². The third kappa shape index (κ3) is 3.83. The summed E-state index contributed by atoms with van der Waals surface area (Å²) in [6.45, 7) is 3.18. The number of carbonyl (C=O) groups is 1. The quantitative estimate of drug-likeness (QED) is 0.651. The van der Waals surface area contributed by atoms with E-state index in [1.165, 1.54) is 36.4 Å². The molecule has 0 aliphatic carbocycles. The minimum absolute atomic E-state index is 0.112. The van der Waals surface area contributed by atoms with Crippen molar-refractivity contribution in [3.63, 3.8) is 0 Å². The van der Waals surface area contributed by atoms with Crippen LogP contribution in [-0.2, 0) is 0 Å². The summed E-state index contributed by atoms with van der Waals surface area (Å²) in [6.07, 6.45) is 0. The highest BCUT2D eigenvalue weighted by atomic mass is 16.6. The Kier molecular flexibility index (Phi) is 4.73. The van der Waals surface area contributed by atoms with E-state index < -0.39 is 15.9 Å². The number of hydrogen-bond acceptors (Lipinski definition) is 5. The van der Waals surface area contributed by atoms with Crippen molar-refractivity contribution < 1.29 is 14.6 Å². The van der Waals surface area contributed by atoms with Crippen LogP contribution in [0.15, 0.2) is 36.4 Å². The summed E-state index contributed by atoms with van der Waals surface area (Å²) in [5.74, 6) is 0. The van der Waals surface area contributed by atoms with Crippen molar-refractivity contribution in [2.45, 2.75) is 13.8 Å². The molecule has 2 rings (SSSR count). The van der Waals surface area contributed by atoms with E-state index in [9.17, 15) is 25.0 Å². The number of hydrogen-bond donors (Lipinski definition) is 2. The summed E-state index contributed by atoms with van der Waals surface area (Å²) in [7, 11) is 0. The maximum atomic E-state index is 12.0. The smallest absolute Gasteiger partial charge is 0.307 e. The van der Waals surface area contributed by atoms with Crippen LogP contribution >= 0.6 is 0 Å². The third-order valence-electron chi connectivity index (χ3n) is 3.33. The number of nitro benzene ring substituents is 2. The molecule has 0 aromatic heterocycles. The van der Waals surface area contributed by atoms with E-state index in [4.69, 9.17) is 0 Å². The minimum Gasteiger partial charge on any atom is -0.307 e. The number of nitrogens with one attached hydrogen (secondary N) is 2. The van der Waals surface area contributed by atoms with E-state index in [0.717, 1.165) is 0 Å². The van der Waals surface area contributed by atoms with Crippen LogP contribution in [-0.4, -0.2) is 15.9 Å². The summed E-state index contributed by atoms with van der Waals surface area (Å²) in [4.78, 5) is 32.7. The fourth-order valence-electron chi connectivity index (χ4n) is 2.06. The first-order valence-corrected chi connectivity index (χ1v) is 6.86. The molecule has 24 heavy (non-hydrogen) atoms. The fraction of sp³-hybridized carbons (Fsp3) is 0.133. The van der Waals surface area contributed by atoms with E-state index >= 15 is 0 Å². The number of anilines is 2. The summed E-state index contributed by atoms with van der Waals surface area (Å²) in [5.41, 5.74) is 1.20. The highest BCUT2D eigenvalue weighted by Gasteiger charge is 2.14. The van der Waals surface area contributed by atoms with Gasteiger partial charge in [0.2, 0.25) is 0 Å². The molecule has 124 valence electrons. The lowest BCUT2D eigenvalue weighted by Gasteiger charge is -2.09. The van der Waals surface area contributed by atoms with Crippen LogP contribution in [0.2, 0.25) is 0 Å². The molecule has 0 spiro atoms.